The number of fused-ring (bicyclic) bond motifs is 1. The number of hydrogen-bond acceptors (Lipinski definition) is 6. The van der Waals surface area contributed by atoms with Crippen LogP contribution >= 0.6 is 11.8 Å². The molecule has 0 spiro atoms. The summed E-state index contributed by atoms with van der Waals surface area (Å²) in [5, 5.41) is 12.5. The second-order valence-corrected chi connectivity index (χ2v) is 9.51. The SMILES string of the molecule is Cc1ccc(-c2nnc(SCC(=O)NC(c3ccc4c(c3)OCCCO4)C(C)C)n2C)cc1. The number of thioether (sulfide) groups is 1. The maximum atomic E-state index is 12.8. The van der Waals surface area contributed by atoms with Crippen molar-refractivity contribution in [3.8, 4) is 22.9 Å². The van der Waals surface area contributed by atoms with E-state index in [1.54, 1.807) is 0 Å². The molecule has 0 saturated heterocycles. The van der Waals surface area contributed by atoms with Crippen LogP contribution in [0.4, 0.5) is 0 Å². The maximum absolute atomic E-state index is 12.8. The number of carbonyl (C=O) groups excluding carboxylic acids is 1. The minimum Gasteiger partial charge on any atom is -0.490 e. The van der Waals surface area contributed by atoms with E-state index in [2.05, 4.69) is 48.4 Å². The molecule has 174 valence electrons. The Morgan fingerprint density at radius 3 is 2.55 bits per heavy atom. The Bertz CT molecular complexity index is 1110. The summed E-state index contributed by atoms with van der Waals surface area (Å²) < 4.78 is 13.5. The van der Waals surface area contributed by atoms with Crippen molar-refractivity contribution in [3.63, 3.8) is 0 Å². The normalized spacial score (nSPS) is 14.1. The Balaban J connectivity index is 1.41. The zero-order valence-electron chi connectivity index (χ0n) is 19.5. The number of benzene rings is 2. The van der Waals surface area contributed by atoms with E-state index >= 15 is 0 Å². The molecule has 1 atom stereocenters. The van der Waals surface area contributed by atoms with Crippen molar-refractivity contribution in [1.82, 2.24) is 20.1 Å². The molecule has 1 amide bonds. The van der Waals surface area contributed by atoms with Crippen LogP contribution in [-0.2, 0) is 11.8 Å². The van der Waals surface area contributed by atoms with Gasteiger partial charge < -0.3 is 19.4 Å². The third kappa shape index (κ3) is 5.50. The fourth-order valence-electron chi connectivity index (χ4n) is 3.75. The molecule has 0 aliphatic carbocycles. The van der Waals surface area contributed by atoms with Gasteiger partial charge in [0.25, 0.3) is 0 Å². The molecule has 0 bridgehead atoms. The lowest BCUT2D eigenvalue weighted by molar-refractivity contribution is -0.119. The number of nitrogens with one attached hydrogen (secondary N) is 1. The number of aryl methyl sites for hydroxylation is 1. The quantitative estimate of drug-likeness (QED) is 0.515. The predicted octanol–water partition coefficient (Wildman–Crippen LogP) is 4.56. The Hall–Kier alpha value is -3.00. The van der Waals surface area contributed by atoms with Crippen LogP contribution in [0.15, 0.2) is 47.6 Å². The molecule has 1 N–H and O–H groups in total. The summed E-state index contributed by atoms with van der Waals surface area (Å²) in [5.41, 5.74) is 3.20. The van der Waals surface area contributed by atoms with E-state index in [-0.39, 0.29) is 23.6 Å². The van der Waals surface area contributed by atoms with Gasteiger partial charge in [0.05, 0.1) is 25.0 Å². The van der Waals surface area contributed by atoms with Gasteiger partial charge in [0, 0.05) is 19.0 Å². The molecule has 1 aliphatic heterocycles. The van der Waals surface area contributed by atoms with Gasteiger partial charge in [0.2, 0.25) is 5.91 Å². The molecule has 1 aromatic heterocycles. The molecule has 3 aromatic rings. The highest BCUT2D eigenvalue weighted by Crippen LogP contribution is 2.34. The fourth-order valence-corrected chi connectivity index (χ4v) is 4.47. The molecule has 1 aliphatic rings. The summed E-state index contributed by atoms with van der Waals surface area (Å²) in [6.07, 6.45) is 0.860. The van der Waals surface area contributed by atoms with Crippen molar-refractivity contribution in [3.05, 3.63) is 53.6 Å². The Morgan fingerprint density at radius 1 is 1.09 bits per heavy atom. The molecule has 0 saturated carbocycles. The summed E-state index contributed by atoms with van der Waals surface area (Å²) in [6.45, 7) is 7.53. The Kier molecular flexibility index (Phi) is 7.23. The first-order chi connectivity index (χ1) is 15.9. The van der Waals surface area contributed by atoms with Gasteiger partial charge in [-0.3, -0.25) is 4.79 Å². The lowest BCUT2D eigenvalue weighted by Gasteiger charge is -2.24. The average Bonchev–Trinajstić information content (AvgIpc) is 3.01. The summed E-state index contributed by atoms with van der Waals surface area (Å²) in [5.74, 6) is 2.70. The summed E-state index contributed by atoms with van der Waals surface area (Å²) in [7, 11) is 1.92. The van der Waals surface area contributed by atoms with Crippen molar-refractivity contribution in [1.29, 1.82) is 0 Å². The molecular weight excluding hydrogens is 436 g/mol. The first-order valence-electron chi connectivity index (χ1n) is 11.2. The number of amides is 1. The minimum atomic E-state index is -0.127. The van der Waals surface area contributed by atoms with Crippen molar-refractivity contribution in [2.24, 2.45) is 13.0 Å². The Morgan fingerprint density at radius 2 is 1.82 bits per heavy atom. The average molecular weight is 467 g/mol. The van der Waals surface area contributed by atoms with Crippen LogP contribution in [0.1, 0.15) is 37.4 Å². The number of rotatable bonds is 7. The standard InChI is InChI=1S/C25H30N4O3S/c1-16(2)23(19-10-11-20-21(14-19)32-13-5-12-31-20)26-22(30)15-33-25-28-27-24(29(25)4)18-8-6-17(3)7-9-18/h6-11,14,16,23H,5,12-13,15H2,1-4H3,(H,26,30). The van der Waals surface area contributed by atoms with Gasteiger partial charge in [-0.25, -0.2) is 0 Å². The Labute approximate surface area is 198 Å². The zero-order valence-corrected chi connectivity index (χ0v) is 20.3. The van der Waals surface area contributed by atoms with E-state index in [1.165, 1.54) is 17.3 Å². The van der Waals surface area contributed by atoms with Crippen LogP contribution in [0.2, 0.25) is 0 Å². The first-order valence-corrected chi connectivity index (χ1v) is 12.2. The summed E-state index contributed by atoms with van der Waals surface area (Å²) in [6, 6.07) is 14.0. The number of aromatic nitrogens is 3. The van der Waals surface area contributed by atoms with Gasteiger partial charge in [-0.05, 0) is 30.5 Å². The monoisotopic (exact) mass is 466 g/mol. The third-order valence-corrected chi connectivity index (χ3v) is 6.61. The lowest BCUT2D eigenvalue weighted by Crippen LogP contribution is -2.33. The van der Waals surface area contributed by atoms with E-state index in [1.807, 2.05) is 41.9 Å². The van der Waals surface area contributed by atoms with E-state index in [0.29, 0.717) is 18.4 Å². The number of ether oxygens (including phenoxy) is 2. The molecule has 8 heteroatoms. The molecule has 2 heterocycles. The summed E-state index contributed by atoms with van der Waals surface area (Å²) >= 11 is 1.38. The van der Waals surface area contributed by atoms with Crippen molar-refractivity contribution >= 4 is 17.7 Å². The molecule has 33 heavy (non-hydrogen) atoms. The highest BCUT2D eigenvalue weighted by atomic mass is 32.2. The van der Waals surface area contributed by atoms with Crippen LogP contribution in [-0.4, -0.2) is 39.6 Å². The maximum Gasteiger partial charge on any atom is 0.230 e. The molecule has 0 fully saturated rings. The minimum absolute atomic E-state index is 0.0503. The van der Waals surface area contributed by atoms with Gasteiger partial charge in [0.15, 0.2) is 22.5 Å². The van der Waals surface area contributed by atoms with E-state index in [0.717, 1.165) is 34.9 Å². The van der Waals surface area contributed by atoms with Crippen molar-refractivity contribution in [2.75, 3.05) is 19.0 Å². The largest absolute Gasteiger partial charge is 0.490 e. The number of nitrogens with zero attached hydrogens (tertiary/aromatic N) is 3. The topological polar surface area (TPSA) is 78.3 Å². The number of hydrogen-bond donors (Lipinski definition) is 1. The van der Waals surface area contributed by atoms with E-state index in [9.17, 15) is 4.79 Å². The van der Waals surface area contributed by atoms with Crippen LogP contribution in [0.25, 0.3) is 11.4 Å². The number of carbonyl (C=O) groups is 1. The van der Waals surface area contributed by atoms with Crippen LogP contribution in [0, 0.1) is 12.8 Å². The third-order valence-electron chi connectivity index (χ3n) is 5.59. The fraction of sp³-hybridized carbons (Fsp3) is 0.400. The molecule has 7 nitrogen and oxygen atoms in total. The van der Waals surface area contributed by atoms with E-state index in [4.69, 9.17) is 9.47 Å². The second-order valence-electron chi connectivity index (χ2n) is 8.57. The van der Waals surface area contributed by atoms with Crippen LogP contribution in [0.5, 0.6) is 11.5 Å². The second kappa shape index (κ2) is 10.3. The lowest BCUT2D eigenvalue weighted by atomic mass is 9.95. The van der Waals surface area contributed by atoms with Gasteiger partial charge in [0.1, 0.15) is 0 Å². The van der Waals surface area contributed by atoms with Gasteiger partial charge >= 0.3 is 0 Å². The predicted molar refractivity (Wildman–Crippen MR) is 130 cm³/mol. The zero-order chi connectivity index (χ0) is 23.4. The summed E-state index contributed by atoms with van der Waals surface area (Å²) in [4.78, 5) is 12.8. The van der Waals surface area contributed by atoms with E-state index < -0.39 is 0 Å². The smallest absolute Gasteiger partial charge is 0.230 e. The highest BCUT2D eigenvalue weighted by Gasteiger charge is 2.22. The van der Waals surface area contributed by atoms with Crippen molar-refractivity contribution < 1.29 is 14.3 Å². The van der Waals surface area contributed by atoms with Gasteiger partial charge in [-0.15, -0.1) is 10.2 Å². The first kappa shape index (κ1) is 23.2. The highest BCUT2D eigenvalue weighted by molar-refractivity contribution is 7.99. The van der Waals surface area contributed by atoms with Gasteiger partial charge in [-0.1, -0.05) is 61.5 Å². The molecule has 2 aromatic carbocycles. The molecule has 0 radical (unpaired) electrons. The molecule has 4 rings (SSSR count). The van der Waals surface area contributed by atoms with Crippen LogP contribution in [0.3, 0.4) is 0 Å². The van der Waals surface area contributed by atoms with Gasteiger partial charge in [-0.2, -0.15) is 0 Å². The van der Waals surface area contributed by atoms with Crippen LogP contribution < -0.4 is 14.8 Å². The molecule has 1 unspecified atom stereocenters. The van der Waals surface area contributed by atoms with Crippen molar-refractivity contribution in [2.45, 2.75) is 38.4 Å². The molecular formula is C25H30N4O3S.